The summed E-state index contributed by atoms with van der Waals surface area (Å²) in [7, 11) is 0. The lowest BCUT2D eigenvalue weighted by atomic mass is 9.98. The van der Waals surface area contributed by atoms with E-state index in [0.717, 1.165) is 38.1 Å². The normalized spacial score (nSPS) is 24.9. The second-order valence-corrected chi connectivity index (χ2v) is 5.68. The molecule has 1 aromatic rings. The monoisotopic (exact) mass is 274 g/mol. The number of carbonyl (C=O) groups excluding carboxylic acids is 1. The average Bonchev–Trinajstić information content (AvgIpc) is 3.08. The van der Waals surface area contributed by atoms with E-state index in [1.54, 1.807) is 0 Å². The smallest absolute Gasteiger partial charge is 0.229 e. The molecule has 4 heteroatoms. The van der Waals surface area contributed by atoms with Crippen LogP contribution in [-0.4, -0.2) is 31.7 Å². The number of ether oxygens (including phenoxy) is 1. The fraction of sp³-hybridized carbons (Fsp3) is 0.562. The molecule has 3 rings (SSSR count). The zero-order chi connectivity index (χ0) is 13.9. The van der Waals surface area contributed by atoms with Gasteiger partial charge in [-0.2, -0.15) is 0 Å². The maximum absolute atomic E-state index is 12.5. The predicted molar refractivity (Wildman–Crippen MR) is 78.8 cm³/mol. The number of fused-ring (bicyclic) bond motifs is 1. The molecule has 0 spiro atoms. The summed E-state index contributed by atoms with van der Waals surface area (Å²) in [5, 5.41) is 0. The number of carbonyl (C=O) groups is 1. The van der Waals surface area contributed by atoms with E-state index in [2.05, 4.69) is 6.07 Å². The van der Waals surface area contributed by atoms with Gasteiger partial charge < -0.3 is 15.4 Å². The molecule has 2 heterocycles. The molecule has 108 valence electrons. The highest BCUT2D eigenvalue weighted by molar-refractivity contribution is 5.96. The highest BCUT2D eigenvalue weighted by atomic mass is 16.5. The second kappa shape index (κ2) is 5.94. The van der Waals surface area contributed by atoms with Crippen LogP contribution in [0.1, 0.15) is 37.2 Å². The number of amides is 1. The largest absolute Gasteiger partial charge is 0.378 e. The molecule has 2 aliphatic heterocycles. The van der Waals surface area contributed by atoms with Crippen LogP contribution in [0.15, 0.2) is 24.3 Å². The lowest BCUT2D eigenvalue weighted by Crippen LogP contribution is -2.32. The summed E-state index contributed by atoms with van der Waals surface area (Å²) in [6, 6.07) is 8.20. The Morgan fingerprint density at radius 3 is 3.00 bits per heavy atom. The van der Waals surface area contributed by atoms with Gasteiger partial charge in [0.2, 0.25) is 5.91 Å². The van der Waals surface area contributed by atoms with Crippen LogP contribution in [0.3, 0.4) is 0 Å². The number of para-hydroxylation sites is 1. The van der Waals surface area contributed by atoms with Crippen LogP contribution in [-0.2, 0) is 9.53 Å². The molecular weight excluding hydrogens is 252 g/mol. The molecule has 1 saturated heterocycles. The van der Waals surface area contributed by atoms with E-state index in [0.29, 0.717) is 18.9 Å². The highest BCUT2D eigenvalue weighted by Crippen LogP contribution is 2.38. The first kappa shape index (κ1) is 13.6. The first-order valence-corrected chi connectivity index (χ1v) is 7.50. The van der Waals surface area contributed by atoms with Crippen LogP contribution in [0.4, 0.5) is 5.69 Å². The van der Waals surface area contributed by atoms with Crippen LogP contribution in [0, 0.1) is 0 Å². The average molecular weight is 274 g/mol. The van der Waals surface area contributed by atoms with Crippen LogP contribution >= 0.6 is 0 Å². The molecule has 2 aliphatic rings. The van der Waals surface area contributed by atoms with E-state index in [1.165, 1.54) is 5.56 Å². The number of benzene rings is 1. The van der Waals surface area contributed by atoms with Gasteiger partial charge in [0.15, 0.2) is 0 Å². The van der Waals surface area contributed by atoms with E-state index in [1.807, 2.05) is 23.1 Å². The van der Waals surface area contributed by atoms with Crippen LogP contribution in [0.25, 0.3) is 0 Å². The van der Waals surface area contributed by atoms with Gasteiger partial charge in [0.25, 0.3) is 0 Å². The maximum Gasteiger partial charge on any atom is 0.229 e. The van der Waals surface area contributed by atoms with Gasteiger partial charge in [-0.1, -0.05) is 18.2 Å². The van der Waals surface area contributed by atoms with Gasteiger partial charge in [-0.25, -0.2) is 0 Å². The van der Waals surface area contributed by atoms with Gasteiger partial charge in [-0.05, 0) is 37.4 Å². The molecule has 0 bridgehead atoms. The van der Waals surface area contributed by atoms with Crippen molar-refractivity contribution in [3.8, 4) is 0 Å². The van der Waals surface area contributed by atoms with Crippen LogP contribution in [0.5, 0.6) is 0 Å². The number of rotatable bonds is 4. The standard InChI is InChI=1S/C16H22N2O2/c17-8-7-12-11-18(15-6-2-1-5-14(12)15)16(19)10-13-4-3-9-20-13/h1-2,5-6,12-13H,3-4,7-11,17H2. The van der Waals surface area contributed by atoms with Gasteiger partial charge >= 0.3 is 0 Å². The second-order valence-electron chi connectivity index (χ2n) is 5.68. The SMILES string of the molecule is NCCC1CN(C(=O)CC2CCCO2)c2ccccc21. The summed E-state index contributed by atoms with van der Waals surface area (Å²) in [4.78, 5) is 14.5. The van der Waals surface area contributed by atoms with Crippen molar-refractivity contribution < 1.29 is 9.53 Å². The van der Waals surface area contributed by atoms with Crippen molar-refractivity contribution in [3.63, 3.8) is 0 Å². The zero-order valence-electron chi connectivity index (χ0n) is 11.8. The Labute approximate surface area is 119 Å². The number of hydrogen-bond acceptors (Lipinski definition) is 3. The van der Waals surface area contributed by atoms with Crippen molar-refractivity contribution in [1.29, 1.82) is 0 Å². The Morgan fingerprint density at radius 2 is 2.25 bits per heavy atom. The minimum absolute atomic E-state index is 0.114. The molecule has 2 N–H and O–H groups in total. The number of hydrogen-bond donors (Lipinski definition) is 1. The highest BCUT2D eigenvalue weighted by Gasteiger charge is 2.32. The summed E-state index contributed by atoms with van der Waals surface area (Å²) in [5.74, 6) is 0.563. The van der Waals surface area contributed by atoms with E-state index in [4.69, 9.17) is 10.5 Å². The van der Waals surface area contributed by atoms with Gasteiger partial charge in [-0.15, -0.1) is 0 Å². The lowest BCUT2D eigenvalue weighted by molar-refractivity contribution is -0.120. The first-order valence-electron chi connectivity index (χ1n) is 7.50. The Kier molecular flexibility index (Phi) is 4.03. The molecule has 2 atom stereocenters. The molecule has 20 heavy (non-hydrogen) atoms. The van der Waals surface area contributed by atoms with E-state index >= 15 is 0 Å². The lowest BCUT2D eigenvalue weighted by Gasteiger charge is -2.19. The van der Waals surface area contributed by atoms with E-state index in [-0.39, 0.29) is 12.0 Å². The van der Waals surface area contributed by atoms with Crippen molar-refractivity contribution in [2.45, 2.75) is 37.7 Å². The van der Waals surface area contributed by atoms with Crippen molar-refractivity contribution in [3.05, 3.63) is 29.8 Å². The van der Waals surface area contributed by atoms with Crippen molar-refractivity contribution in [2.24, 2.45) is 5.73 Å². The molecule has 1 fully saturated rings. The summed E-state index contributed by atoms with van der Waals surface area (Å²) < 4.78 is 5.58. The topological polar surface area (TPSA) is 55.6 Å². The first-order chi connectivity index (χ1) is 9.79. The molecule has 4 nitrogen and oxygen atoms in total. The van der Waals surface area contributed by atoms with E-state index < -0.39 is 0 Å². The summed E-state index contributed by atoms with van der Waals surface area (Å²) in [5.41, 5.74) is 8.02. The Morgan fingerprint density at radius 1 is 1.40 bits per heavy atom. The number of nitrogens with two attached hydrogens (primary N) is 1. The molecule has 2 unspecified atom stereocenters. The van der Waals surface area contributed by atoms with E-state index in [9.17, 15) is 4.79 Å². The fourth-order valence-corrected chi connectivity index (χ4v) is 3.29. The van der Waals surface area contributed by atoms with Gasteiger partial charge in [0, 0.05) is 24.8 Å². The number of anilines is 1. The minimum Gasteiger partial charge on any atom is -0.378 e. The predicted octanol–water partition coefficient (Wildman–Crippen LogP) is 2.03. The van der Waals surface area contributed by atoms with Crippen molar-refractivity contribution >= 4 is 11.6 Å². The van der Waals surface area contributed by atoms with Crippen LogP contribution < -0.4 is 10.6 Å². The number of nitrogens with zero attached hydrogens (tertiary/aromatic N) is 1. The molecular formula is C16H22N2O2. The van der Waals surface area contributed by atoms with Crippen molar-refractivity contribution in [1.82, 2.24) is 0 Å². The summed E-state index contributed by atoms with van der Waals surface area (Å²) in [6.45, 7) is 2.22. The Hall–Kier alpha value is -1.39. The van der Waals surface area contributed by atoms with Gasteiger partial charge in [0.1, 0.15) is 0 Å². The molecule has 0 saturated carbocycles. The molecule has 0 aromatic heterocycles. The van der Waals surface area contributed by atoms with Gasteiger partial charge in [-0.3, -0.25) is 4.79 Å². The van der Waals surface area contributed by atoms with Gasteiger partial charge in [0.05, 0.1) is 12.5 Å². The van der Waals surface area contributed by atoms with Crippen LogP contribution in [0.2, 0.25) is 0 Å². The third-order valence-electron chi connectivity index (χ3n) is 4.31. The summed E-state index contributed by atoms with van der Waals surface area (Å²) in [6.07, 6.45) is 3.63. The molecule has 1 aromatic carbocycles. The third-order valence-corrected chi connectivity index (χ3v) is 4.31. The molecule has 1 amide bonds. The quantitative estimate of drug-likeness (QED) is 0.914. The summed E-state index contributed by atoms with van der Waals surface area (Å²) >= 11 is 0. The molecule has 0 aliphatic carbocycles. The zero-order valence-corrected chi connectivity index (χ0v) is 11.8. The fourth-order valence-electron chi connectivity index (χ4n) is 3.29. The van der Waals surface area contributed by atoms with Crippen molar-refractivity contribution in [2.75, 3.05) is 24.6 Å². The molecule has 0 radical (unpaired) electrons. The Bertz CT molecular complexity index is 483. The minimum atomic E-state index is 0.114. The Balaban J connectivity index is 1.75. The maximum atomic E-state index is 12.5. The third kappa shape index (κ3) is 2.58.